The van der Waals surface area contributed by atoms with Crippen LogP contribution < -0.4 is 10.6 Å². The molecule has 9 nitrogen and oxygen atoms in total. The maximum atomic E-state index is 13.3. The van der Waals surface area contributed by atoms with Crippen LogP contribution in [0, 0.1) is 12.7 Å². The van der Waals surface area contributed by atoms with Crippen LogP contribution in [0.15, 0.2) is 52.1 Å². The fraction of sp³-hybridized carbons (Fsp3) is 0.227. The number of primary amides is 1. The molecule has 2 heterocycles. The van der Waals surface area contributed by atoms with E-state index >= 15 is 0 Å². The van der Waals surface area contributed by atoms with E-state index in [1.807, 2.05) is 0 Å². The topological polar surface area (TPSA) is 129 Å². The SMILES string of the molecule is CSc1nc(-c2ccco2)nc(C)c1C(=O)OCC(=O)N(CCC(N)=O)c1ccc(F)cc1. The number of anilines is 1. The number of benzene rings is 1. The Morgan fingerprint density at radius 1 is 1.18 bits per heavy atom. The van der Waals surface area contributed by atoms with Gasteiger partial charge in [-0.05, 0) is 49.6 Å². The van der Waals surface area contributed by atoms with Gasteiger partial charge in [0.25, 0.3) is 5.91 Å². The third kappa shape index (κ3) is 5.95. The fourth-order valence-corrected chi connectivity index (χ4v) is 3.58. The van der Waals surface area contributed by atoms with E-state index in [1.165, 1.54) is 47.2 Å². The Morgan fingerprint density at radius 2 is 1.91 bits per heavy atom. The average molecular weight is 472 g/mol. The molecule has 0 spiro atoms. The van der Waals surface area contributed by atoms with Crippen molar-refractivity contribution in [1.82, 2.24) is 9.97 Å². The van der Waals surface area contributed by atoms with Crippen LogP contribution in [-0.4, -0.2) is 47.2 Å². The van der Waals surface area contributed by atoms with Crippen LogP contribution in [0.4, 0.5) is 10.1 Å². The minimum atomic E-state index is -0.773. The summed E-state index contributed by atoms with van der Waals surface area (Å²) in [6.45, 7) is 0.972. The quantitative estimate of drug-likeness (QED) is 0.286. The number of thioether (sulfide) groups is 1. The second-order valence-electron chi connectivity index (χ2n) is 6.81. The zero-order chi connectivity index (χ0) is 24.0. The van der Waals surface area contributed by atoms with Gasteiger partial charge in [-0.1, -0.05) is 0 Å². The summed E-state index contributed by atoms with van der Waals surface area (Å²) in [5, 5.41) is 0.371. The van der Waals surface area contributed by atoms with Crippen molar-refractivity contribution >= 4 is 35.2 Å². The van der Waals surface area contributed by atoms with E-state index in [0.717, 1.165) is 0 Å². The zero-order valence-corrected chi connectivity index (χ0v) is 18.7. The first kappa shape index (κ1) is 23.9. The molecule has 0 bridgehead atoms. The fourth-order valence-electron chi connectivity index (χ4n) is 2.96. The highest BCUT2D eigenvalue weighted by atomic mass is 32.2. The number of esters is 1. The first-order chi connectivity index (χ1) is 15.8. The largest absolute Gasteiger partial charge is 0.461 e. The molecule has 33 heavy (non-hydrogen) atoms. The highest BCUT2D eigenvalue weighted by Gasteiger charge is 2.24. The lowest BCUT2D eigenvalue weighted by Crippen LogP contribution is -2.37. The Bertz CT molecular complexity index is 1150. The van der Waals surface area contributed by atoms with Crippen LogP contribution in [0.5, 0.6) is 0 Å². The van der Waals surface area contributed by atoms with E-state index in [1.54, 1.807) is 25.3 Å². The summed E-state index contributed by atoms with van der Waals surface area (Å²) in [6, 6.07) is 8.52. The summed E-state index contributed by atoms with van der Waals surface area (Å²) in [4.78, 5) is 46.6. The van der Waals surface area contributed by atoms with Gasteiger partial charge in [0.2, 0.25) is 5.91 Å². The molecule has 2 N–H and O–H groups in total. The molecule has 0 fully saturated rings. The molecule has 0 aliphatic carbocycles. The second kappa shape index (κ2) is 10.7. The van der Waals surface area contributed by atoms with Gasteiger partial charge in [0.1, 0.15) is 16.4 Å². The number of nitrogens with two attached hydrogens (primary N) is 1. The van der Waals surface area contributed by atoms with Crippen molar-refractivity contribution in [2.45, 2.75) is 18.4 Å². The van der Waals surface area contributed by atoms with Crippen molar-refractivity contribution in [2.24, 2.45) is 5.73 Å². The van der Waals surface area contributed by atoms with E-state index in [-0.39, 0.29) is 18.5 Å². The summed E-state index contributed by atoms with van der Waals surface area (Å²) in [5.41, 5.74) is 6.03. The first-order valence-electron chi connectivity index (χ1n) is 9.78. The van der Waals surface area contributed by atoms with Crippen LogP contribution in [0.3, 0.4) is 0 Å². The maximum absolute atomic E-state index is 13.3. The standard InChI is InChI=1S/C22H21FN4O5S/c1-13-19(21(33-2)26-20(25-13)16-4-3-11-31-16)22(30)32-12-18(29)27(10-9-17(24)28)15-7-5-14(23)6-8-15/h3-8,11H,9-10,12H2,1-2H3,(H2,24,28). The summed E-state index contributed by atoms with van der Waals surface area (Å²) >= 11 is 1.22. The van der Waals surface area contributed by atoms with Gasteiger partial charge in [-0.3, -0.25) is 9.59 Å². The molecule has 0 aliphatic rings. The normalized spacial score (nSPS) is 10.6. The second-order valence-corrected chi connectivity index (χ2v) is 7.60. The Balaban J connectivity index is 1.77. The van der Waals surface area contributed by atoms with Gasteiger partial charge in [-0.15, -0.1) is 11.8 Å². The van der Waals surface area contributed by atoms with Crippen molar-refractivity contribution in [1.29, 1.82) is 0 Å². The lowest BCUT2D eigenvalue weighted by atomic mass is 10.2. The molecule has 3 rings (SSSR count). The van der Waals surface area contributed by atoms with E-state index in [0.29, 0.717) is 28.0 Å². The van der Waals surface area contributed by atoms with Gasteiger partial charge in [-0.25, -0.2) is 19.2 Å². The van der Waals surface area contributed by atoms with Crippen LogP contribution in [-0.2, 0) is 14.3 Å². The highest BCUT2D eigenvalue weighted by Crippen LogP contribution is 2.26. The van der Waals surface area contributed by atoms with Crippen molar-refractivity contribution < 1.29 is 27.9 Å². The van der Waals surface area contributed by atoms with E-state index in [9.17, 15) is 18.8 Å². The highest BCUT2D eigenvalue weighted by molar-refractivity contribution is 7.98. The Labute approximate surface area is 193 Å². The number of nitrogens with zero attached hydrogens (tertiary/aromatic N) is 3. The number of hydrogen-bond acceptors (Lipinski definition) is 8. The number of hydrogen-bond donors (Lipinski definition) is 1. The molecule has 0 saturated heterocycles. The van der Waals surface area contributed by atoms with Crippen LogP contribution in [0.2, 0.25) is 0 Å². The third-order valence-corrected chi connectivity index (χ3v) is 5.23. The summed E-state index contributed by atoms with van der Waals surface area (Å²) in [5.74, 6) is -1.69. The predicted molar refractivity (Wildman–Crippen MR) is 119 cm³/mol. The molecule has 11 heteroatoms. The number of ether oxygens (including phenoxy) is 1. The molecule has 3 aromatic rings. The van der Waals surface area contributed by atoms with Crippen molar-refractivity contribution in [2.75, 3.05) is 24.3 Å². The molecule has 0 radical (unpaired) electrons. The zero-order valence-electron chi connectivity index (χ0n) is 17.9. The molecule has 2 aromatic heterocycles. The Morgan fingerprint density at radius 3 is 2.52 bits per heavy atom. The summed E-state index contributed by atoms with van der Waals surface area (Å²) < 4.78 is 23.8. The molecule has 1 aromatic carbocycles. The smallest absolute Gasteiger partial charge is 0.343 e. The first-order valence-corrected chi connectivity index (χ1v) is 11.0. The van der Waals surface area contributed by atoms with E-state index in [2.05, 4.69) is 9.97 Å². The molecule has 0 unspecified atom stereocenters. The molecule has 0 atom stereocenters. The van der Waals surface area contributed by atoms with Crippen molar-refractivity contribution in [3.63, 3.8) is 0 Å². The minimum absolute atomic E-state index is 0.0482. The summed E-state index contributed by atoms with van der Waals surface area (Å²) in [7, 11) is 0. The van der Waals surface area contributed by atoms with Crippen LogP contribution in [0.1, 0.15) is 22.5 Å². The van der Waals surface area contributed by atoms with Crippen molar-refractivity contribution in [3.05, 3.63) is 59.7 Å². The van der Waals surface area contributed by atoms with Gasteiger partial charge in [0.05, 0.1) is 12.0 Å². The Hall–Kier alpha value is -3.73. The minimum Gasteiger partial charge on any atom is -0.461 e. The molecule has 0 saturated carbocycles. The van der Waals surface area contributed by atoms with Gasteiger partial charge in [0.15, 0.2) is 18.2 Å². The van der Waals surface area contributed by atoms with Crippen LogP contribution in [0.25, 0.3) is 11.6 Å². The average Bonchev–Trinajstić information content (AvgIpc) is 3.33. The molecule has 0 aliphatic heterocycles. The number of carbonyl (C=O) groups is 3. The number of aromatic nitrogens is 2. The lowest BCUT2D eigenvalue weighted by Gasteiger charge is -2.22. The van der Waals surface area contributed by atoms with E-state index < -0.39 is 30.2 Å². The number of amides is 2. The number of furan rings is 1. The Kier molecular flexibility index (Phi) is 7.78. The number of carbonyl (C=O) groups excluding carboxylic acids is 3. The maximum Gasteiger partial charge on any atom is 0.343 e. The molecule has 2 amide bonds. The third-order valence-electron chi connectivity index (χ3n) is 4.54. The summed E-state index contributed by atoms with van der Waals surface area (Å²) in [6.07, 6.45) is 3.12. The van der Waals surface area contributed by atoms with Crippen molar-refractivity contribution in [3.8, 4) is 11.6 Å². The van der Waals surface area contributed by atoms with Crippen LogP contribution >= 0.6 is 11.8 Å². The predicted octanol–water partition coefficient (Wildman–Crippen LogP) is 2.97. The van der Waals surface area contributed by atoms with Gasteiger partial charge >= 0.3 is 5.97 Å². The number of rotatable bonds is 9. The molecular formula is C22H21FN4O5S. The van der Waals surface area contributed by atoms with Gasteiger partial charge in [0, 0.05) is 18.7 Å². The molecular weight excluding hydrogens is 451 g/mol. The number of halogens is 1. The van der Waals surface area contributed by atoms with Gasteiger partial charge in [-0.2, -0.15) is 0 Å². The molecule has 172 valence electrons. The van der Waals surface area contributed by atoms with E-state index in [4.69, 9.17) is 14.9 Å². The number of aryl methyl sites for hydroxylation is 1. The monoisotopic (exact) mass is 472 g/mol. The van der Waals surface area contributed by atoms with Gasteiger partial charge < -0.3 is 19.8 Å². The lowest BCUT2D eigenvalue weighted by molar-refractivity contribution is -0.121.